The van der Waals surface area contributed by atoms with Crippen LogP contribution >= 0.6 is 0 Å². The summed E-state index contributed by atoms with van der Waals surface area (Å²) in [5.41, 5.74) is 2.27. The van der Waals surface area contributed by atoms with Crippen LogP contribution in [0.5, 0.6) is 0 Å². The predicted octanol–water partition coefficient (Wildman–Crippen LogP) is 2.30. The highest BCUT2D eigenvalue weighted by atomic mass is 16.5. The minimum atomic E-state index is 0.598. The van der Waals surface area contributed by atoms with Crippen LogP contribution in [0, 0.1) is 6.92 Å². The predicted molar refractivity (Wildman–Crippen MR) is 78.6 cm³/mol. The summed E-state index contributed by atoms with van der Waals surface area (Å²) < 4.78 is 5.10. The molecule has 0 aliphatic carbocycles. The molecule has 0 atom stereocenters. The lowest BCUT2D eigenvalue weighted by molar-refractivity contribution is 0.159. The van der Waals surface area contributed by atoms with Gasteiger partial charge in [-0.25, -0.2) is 0 Å². The molecule has 0 unspecified atom stereocenters. The third kappa shape index (κ3) is 4.80. The van der Waals surface area contributed by atoms with Gasteiger partial charge in [-0.05, 0) is 38.3 Å². The van der Waals surface area contributed by atoms with E-state index in [4.69, 9.17) is 4.74 Å². The van der Waals surface area contributed by atoms with Crippen LogP contribution in [0.4, 0.5) is 5.69 Å². The molecule has 1 aliphatic heterocycles. The molecule has 1 N–H and O–H groups in total. The number of pyridine rings is 1. The number of aromatic nitrogens is 1. The monoisotopic (exact) mass is 263 g/mol. The van der Waals surface area contributed by atoms with Crippen molar-refractivity contribution in [3.63, 3.8) is 0 Å². The van der Waals surface area contributed by atoms with Gasteiger partial charge in [-0.1, -0.05) is 0 Å². The zero-order chi connectivity index (χ0) is 13.5. The standard InChI is InChI=1S/C15H25N3O/c1-13-12-15(4-7-16-13)17-14-5-9-18(10-6-14)8-3-11-19-2/h4,7,12,14H,3,5-6,8-11H2,1-2H3,(H,16,17). The lowest BCUT2D eigenvalue weighted by Crippen LogP contribution is -2.39. The molecular formula is C15H25N3O. The molecule has 2 rings (SSSR count). The average molecular weight is 263 g/mol. The molecule has 1 aliphatic rings. The number of anilines is 1. The Kier molecular flexibility index (Phi) is 5.61. The highest BCUT2D eigenvalue weighted by Crippen LogP contribution is 2.16. The molecule has 1 fully saturated rings. The van der Waals surface area contributed by atoms with Gasteiger partial charge in [-0.2, -0.15) is 0 Å². The summed E-state index contributed by atoms with van der Waals surface area (Å²) in [4.78, 5) is 6.76. The normalized spacial score (nSPS) is 17.6. The minimum absolute atomic E-state index is 0.598. The maximum absolute atomic E-state index is 5.10. The van der Waals surface area contributed by atoms with Crippen LogP contribution in [0.15, 0.2) is 18.3 Å². The van der Waals surface area contributed by atoms with Gasteiger partial charge < -0.3 is 15.0 Å². The van der Waals surface area contributed by atoms with Gasteiger partial charge in [0.05, 0.1) is 0 Å². The van der Waals surface area contributed by atoms with Crippen LogP contribution in [0.1, 0.15) is 25.0 Å². The molecule has 1 aromatic rings. The number of rotatable bonds is 6. The fourth-order valence-electron chi connectivity index (χ4n) is 2.60. The first-order valence-electron chi connectivity index (χ1n) is 7.18. The Morgan fingerprint density at radius 1 is 1.42 bits per heavy atom. The van der Waals surface area contributed by atoms with Crippen molar-refractivity contribution in [1.82, 2.24) is 9.88 Å². The van der Waals surface area contributed by atoms with E-state index in [2.05, 4.69) is 27.3 Å². The van der Waals surface area contributed by atoms with Gasteiger partial charge in [0.15, 0.2) is 0 Å². The molecule has 4 heteroatoms. The van der Waals surface area contributed by atoms with E-state index in [1.54, 1.807) is 7.11 Å². The Morgan fingerprint density at radius 3 is 2.89 bits per heavy atom. The van der Waals surface area contributed by atoms with Gasteiger partial charge in [-0.15, -0.1) is 0 Å². The molecular weight excluding hydrogens is 238 g/mol. The summed E-state index contributed by atoms with van der Waals surface area (Å²) in [5.74, 6) is 0. The van der Waals surface area contributed by atoms with Gasteiger partial charge in [0.2, 0.25) is 0 Å². The first-order valence-corrected chi connectivity index (χ1v) is 7.18. The number of hydrogen-bond acceptors (Lipinski definition) is 4. The van der Waals surface area contributed by atoms with Crippen molar-refractivity contribution in [3.05, 3.63) is 24.0 Å². The summed E-state index contributed by atoms with van der Waals surface area (Å²) in [6, 6.07) is 4.77. The van der Waals surface area contributed by atoms with Gasteiger partial charge in [0.25, 0.3) is 0 Å². The lowest BCUT2D eigenvalue weighted by Gasteiger charge is -2.32. The van der Waals surface area contributed by atoms with Crippen molar-refractivity contribution in [1.29, 1.82) is 0 Å². The Hall–Kier alpha value is -1.13. The van der Waals surface area contributed by atoms with Gasteiger partial charge in [0, 0.05) is 57.0 Å². The van der Waals surface area contributed by atoms with E-state index in [0.29, 0.717) is 6.04 Å². The van der Waals surface area contributed by atoms with Crippen molar-refractivity contribution in [2.24, 2.45) is 0 Å². The molecule has 2 heterocycles. The van der Waals surface area contributed by atoms with E-state index in [-0.39, 0.29) is 0 Å². The second-order valence-corrected chi connectivity index (χ2v) is 5.29. The molecule has 0 saturated carbocycles. The van der Waals surface area contributed by atoms with Gasteiger partial charge in [-0.3, -0.25) is 4.98 Å². The van der Waals surface area contributed by atoms with Crippen LogP contribution in [0.3, 0.4) is 0 Å². The van der Waals surface area contributed by atoms with Crippen LogP contribution < -0.4 is 5.32 Å². The van der Waals surface area contributed by atoms with E-state index in [1.165, 1.54) is 31.6 Å². The topological polar surface area (TPSA) is 37.4 Å². The molecule has 0 spiro atoms. The summed E-state index contributed by atoms with van der Waals surface area (Å²) in [6.07, 6.45) is 5.44. The van der Waals surface area contributed by atoms with Crippen molar-refractivity contribution < 1.29 is 4.74 Å². The van der Waals surface area contributed by atoms with Crippen LogP contribution in [0.2, 0.25) is 0 Å². The Labute approximate surface area is 116 Å². The Morgan fingerprint density at radius 2 is 2.21 bits per heavy atom. The number of nitrogens with zero attached hydrogens (tertiary/aromatic N) is 2. The maximum atomic E-state index is 5.10. The number of methoxy groups -OCH3 is 1. The van der Waals surface area contributed by atoms with Gasteiger partial charge in [0.1, 0.15) is 0 Å². The van der Waals surface area contributed by atoms with Crippen molar-refractivity contribution in [3.8, 4) is 0 Å². The second kappa shape index (κ2) is 7.46. The summed E-state index contributed by atoms with van der Waals surface area (Å²) >= 11 is 0. The second-order valence-electron chi connectivity index (χ2n) is 5.29. The van der Waals surface area contributed by atoms with Gasteiger partial charge >= 0.3 is 0 Å². The van der Waals surface area contributed by atoms with Crippen molar-refractivity contribution >= 4 is 5.69 Å². The zero-order valence-electron chi connectivity index (χ0n) is 12.1. The highest BCUT2D eigenvalue weighted by Gasteiger charge is 2.18. The molecule has 0 amide bonds. The van der Waals surface area contributed by atoms with E-state index in [1.807, 2.05) is 13.1 Å². The SMILES string of the molecule is COCCCN1CCC(Nc2ccnc(C)c2)CC1. The van der Waals surface area contributed by atoms with Crippen LogP contribution in [0.25, 0.3) is 0 Å². The largest absolute Gasteiger partial charge is 0.385 e. The fraction of sp³-hybridized carbons (Fsp3) is 0.667. The summed E-state index contributed by atoms with van der Waals surface area (Å²) in [6.45, 7) is 6.43. The summed E-state index contributed by atoms with van der Waals surface area (Å²) in [7, 11) is 1.77. The molecule has 0 radical (unpaired) electrons. The van der Waals surface area contributed by atoms with E-state index >= 15 is 0 Å². The third-order valence-corrected chi connectivity index (χ3v) is 3.68. The lowest BCUT2D eigenvalue weighted by atomic mass is 10.0. The van der Waals surface area contributed by atoms with Crippen molar-refractivity contribution in [2.75, 3.05) is 38.7 Å². The van der Waals surface area contributed by atoms with E-state index < -0.39 is 0 Å². The number of likely N-dealkylation sites (tertiary alicyclic amines) is 1. The first kappa shape index (κ1) is 14.3. The molecule has 0 aromatic carbocycles. The molecule has 1 saturated heterocycles. The van der Waals surface area contributed by atoms with E-state index in [0.717, 1.165) is 25.3 Å². The number of aryl methyl sites for hydroxylation is 1. The highest BCUT2D eigenvalue weighted by molar-refractivity contribution is 5.43. The Bertz CT molecular complexity index is 375. The maximum Gasteiger partial charge on any atom is 0.0474 e. The third-order valence-electron chi connectivity index (χ3n) is 3.68. The molecule has 106 valence electrons. The fourth-order valence-corrected chi connectivity index (χ4v) is 2.60. The van der Waals surface area contributed by atoms with Crippen molar-refractivity contribution in [2.45, 2.75) is 32.2 Å². The quantitative estimate of drug-likeness (QED) is 0.799. The number of nitrogens with one attached hydrogen (secondary N) is 1. The summed E-state index contributed by atoms with van der Waals surface area (Å²) in [5, 5.41) is 3.62. The number of ether oxygens (including phenoxy) is 1. The average Bonchev–Trinajstić information content (AvgIpc) is 2.41. The minimum Gasteiger partial charge on any atom is -0.385 e. The molecule has 4 nitrogen and oxygen atoms in total. The van der Waals surface area contributed by atoms with Crippen LogP contribution in [-0.2, 0) is 4.74 Å². The molecule has 1 aromatic heterocycles. The molecule has 19 heavy (non-hydrogen) atoms. The zero-order valence-corrected chi connectivity index (χ0v) is 12.1. The Balaban J connectivity index is 1.71. The molecule has 0 bridgehead atoms. The smallest absolute Gasteiger partial charge is 0.0474 e. The number of hydrogen-bond donors (Lipinski definition) is 1. The number of piperidine rings is 1. The first-order chi connectivity index (χ1) is 9.28. The van der Waals surface area contributed by atoms with E-state index in [9.17, 15) is 0 Å². The van der Waals surface area contributed by atoms with Crippen LogP contribution in [-0.4, -0.2) is 49.3 Å².